The predicted octanol–water partition coefficient (Wildman–Crippen LogP) is 1.23. The molecule has 1 amide bonds. The number of hydrogen-bond donors (Lipinski definition) is 1. The van der Waals surface area contributed by atoms with Crippen LogP contribution in [0.1, 0.15) is 32.6 Å². The highest BCUT2D eigenvalue weighted by atomic mass is 16.2. The molecule has 0 aromatic heterocycles. The average molecular weight is 210 g/mol. The highest BCUT2D eigenvalue weighted by molar-refractivity contribution is 5.79. The minimum atomic E-state index is 0.211. The largest absolute Gasteiger partial charge is 0.341 e. The summed E-state index contributed by atoms with van der Waals surface area (Å²) in [7, 11) is 1.93. The van der Waals surface area contributed by atoms with Crippen molar-refractivity contribution in [1.82, 2.24) is 4.90 Å². The second kappa shape index (κ2) is 4.12. The Labute approximate surface area is 92.0 Å². The van der Waals surface area contributed by atoms with Crippen LogP contribution in [-0.4, -0.2) is 30.4 Å². The second-order valence-electron chi connectivity index (χ2n) is 5.22. The van der Waals surface area contributed by atoms with Gasteiger partial charge in [-0.05, 0) is 37.5 Å². The van der Waals surface area contributed by atoms with Gasteiger partial charge in [-0.25, -0.2) is 0 Å². The molecule has 0 spiro atoms. The standard InChI is InChI=1S/C12H22N2O/c1-8(9-3-4-9)12(15)14(2)11(7-13)10-5-6-10/h8-11H,3-7,13H2,1-2H3. The van der Waals surface area contributed by atoms with E-state index in [0.29, 0.717) is 30.3 Å². The molecule has 0 heterocycles. The van der Waals surface area contributed by atoms with Gasteiger partial charge in [0.15, 0.2) is 0 Å². The van der Waals surface area contributed by atoms with Gasteiger partial charge in [0.05, 0.1) is 0 Å². The van der Waals surface area contributed by atoms with Gasteiger partial charge in [0, 0.05) is 25.6 Å². The Kier molecular flexibility index (Phi) is 3.01. The maximum atomic E-state index is 12.1. The third-order valence-electron chi connectivity index (χ3n) is 3.97. The first-order valence-electron chi connectivity index (χ1n) is 6.12. The van der Waals surface area contributed by atoms with E-state index in [1.54, 1.807) is 0 Å². The van der Waals surface area contributed by atoms with E-state index in [1.165, 1.54) is 25.7 Å². The van der Waals surface area contributed by atoms with Gasteiger partial charge < -0.3 is 10.6 Å². The summed E-state index contributed by atoms with van der Waals surface area (Å²) in [5.74, 6) is 1.84. The monoisotopic (exact) mass is 210 g/mol. The number of rotatable bonds is 5. The Bertz CT molecular complexity index is 246. The Balaban J connectivity index is 1.91. The normalized spacial score (nSPS) is 24.7. The van der Waals surface area contributed by atoms with Crippen LogP contribution in [0.2, 0.25) is 0 Å². The van der Waals surface area contributed by atoms with Gasteiger partial charge in [-0.2, -0.15) is 0 Å². The van der Waals surface area contributed by atoms with Crippen molar-refractivity contribution in [2.75, 3.05) is 13.6 Å². The van der Waals surface area contributed by atoms with E-state index in [1.807, 2.05) is 11.9 Å². The highest BCUT2D eigenvalue weighted by Gasteiger charge is 2.39. The molecule has 86 valence electrons. The molecule has 0 saturated heterocycles. The lowest BCUT2D eigenvalue weighted by Gasteiger charge is -2.29. The van der Waals surface area contributed by atoms with Crippen molar-refractivity contribution in [2.45, 2.75) is 38.6 Å². The van der Waals surface area contributed by atoms with Crippen molar-refractivity contribution in [3.63, 3.8) is 0 Å². The summed E-state index contributed by atoms with van der Waals surface area (Å²) in [5, 5.41) is 0. The highest BCUT2D eigenvalue weighted by Crippen LogP contribution is 2.39. The van der Waals surface area contributed by atoms with E-state index in [4.69, 9.17) is 5.73 Å². The molecule has 2 aliphatic rings. The van der Waals surface area contributed by atoms with Crippen LogP contribution in [0, 0.1) is 17.8 Å². The molecule has 2 aliphatic carbocycles. The van der Waals surface area contributed by atoms with Crippen LogP contribution in [0.5, 0.6) is 0 Å². The van der Waals surface area contributed by atoms with E-state index in [9.17, 15) is 4.79 Å². The Morgan fingerprint density at radius 1 is 1.33 bits per heavy atom. The Morgan fingerprint density at radius 3 is 2.27 bits per heavy atom. The third-order valence-corrected chi connectivity index (χ3v) is 3.97. The van der Waals surface area contributed by atoms with E-state index < -0.39 is 0 Å². The molecule has 2 rings (SSSR count). The van der Waals surface area contributed by atoms with Gasteiger partial charge in [0.25, 0.3) is 0 Å². The lowest BCUT2D eigenvalue weighted by Crippen LogP contribution is -2.45. The van der Waals surface area contributed by atoms with Crippen LogP contribution < -0.4 is 5.73 Å². The van der Waals surface area contributed by atoms with E-state index >= 15 is 0 Å². The first kappa shape index (κ1) is 10.9. The fraction of sp³-hybridized carbons (Fsp3) is 0.917. The van der Waals surface area contributed by atoms with Gasteiger partial charge in [-0.1, -0.05) is 6.92 Å². The topological polar surface area (TPSA) is 46.3 Å². The Hall–Kier alpha value is -0.570. The second-order valence-corrected chi connectivity index (χ2v) is 5.22. The van der Waals surface area contributed by atoms with Crippen molar-refractivity contribution in [1.29, 1.82) is 0 Å². The van der Waals surface area contributed by atoms with Crippen molar-refractivity contribution in [3.8, 4) is 0 Å². The quantitative estimate of drug-likeness (QED) is 0.742. The van der Waals surface area contributed by atoms with Gasteiger partial charge in [-0.15, -0.1) is 0 Å². The first-order chi connectivity index (χ1) is 7.15. The molecule has 2 unspecified atom stereocenters. The molecule has 2 fully saturated rings. The summed E-state index contributed by atoms with van der Waals surface area (Å²) >= 11 is 0. The van der Waals surface area contributed by atoms with Gasteiger partial charge in [0.1, 0.15) is 0 Å². The summed E-state index contributed by atoms with van der Waals surface area (Å²) in [4.78, 5) is 14.0. The lowest BCUT2D eigenvalue weighted by atomic mass is 10.0. The Morgan fingerprint density at radius 2 is 1.87 bits per heavy atom. The van der Waals surface area contributed by atoms with Gasteiger partial charge in [-0.3, -0.25) is 4.79 Å². The van der Waals surface area contributed by atoms with E-state index in [2.05, 4.69) is 6.92 Å². The maximum Gasteiger partial charge on any atom is 0.225 e. The summed E-state index contributed by atoms with van der Waals surface area (Å²) in [6, 6.07) is 0.290. The summed E-state index contributed by atoms with van der Waals surface area (Å²) in [6.07, 6.45) is 4.96. The number of carbonyl (C=O) groups is 1. The van der Waals surface area contributed by atoms with Crippen molar-refractivity contribution in [2.24, 2.45) is 23.5 Å². The lowest BCUT2D eigenvalue weighted by molar-refractivity contribution is -0.136. The number of hydrogen-bond acceptors (Lipinski definition) is 2. The number of likely N-dealkylation sites (N-methyl/N-ethyl adjacent to an activating group) is 1. The molecule has 15 heavy (non-hydrogen) atoms. The fourth-order valence-electron chi connectivity index (χ4n) is 2.43. The zero-order valence-electron chi connectivity index (χ0n) is 9.78. The number of amides is 1. The van der Waals surface area contributed by atoms with Crippen LogP contribution in [0.4, 0.5) is 0 Å². The van der Waals surface area contributed by atoms with E-state index in [0.717, 1.165) is 0 Å². The molecule has 0 aromatic carbocycles. The molecular weight excluding hydrogens is 188 g/mol. The van der Waals surface area contributed by atoms with Crippen LogP contribution in [-0.2, 0) is 4.79 Å². The van der Waals surface area contributed by atoms with Crippen LogP contribution in [0.3, 0.4) is 0 Å². The smallest absolute Gasteiger partial charge is 0.225 e. The number of nitrogens with two attached hydrogens (primary N) is 1. The molecule has 3 nitrogen and oxygen atoms in total. The van der Waals surface area contributed by atoms with Crippen LogP contribution >= 0.6 is 0 Å². The van der Waals surface area contributed by atoms with Crippen molar-refractivity contribution in [3.05, 3.63) is 0 Å². The molecule has 2 saturated carbocycles. The zero-order valence-corrected chi connectivity index (χ0v) is 9.78. The molecule has 0 radical (unpaired) electrons. The molecule has 3 heteroatoms. The SMILES string of the molecule is CC(C(=O)N(C)C(CN)C1CC1)C1CC1. The molecule has 2 atom stereocenters. The minimum Gasteiger partial charge on any atom is -0.341 e. The number of nitrogens with zero attached hydrogens (tertiary/aromatic N) is 1. The van der Waals surface area contributed by atoms with Crippen LogP contribution in [0.25, 0.3) is 0 Å². The average Bonchev–Trinajstić information content (AvgIpc) is 3.05. The third kappa shape index (κ3) is 2.33. The van der Waals surface area contributed by atoms with Gasteiger partial charge in [0.2, 0.25) is 5.91 Å². The van der Waals surface area contributed by atoms with Crippen molar-refractivity contribution < 1.29 is 4.79 Å². The first-order valence-corrected chi connectivity index (χ1v) is 6.12. The van der Waals surface area contributed by atoms with E-state index in [-0.39, 0.29) is 5.92 Å². The molecular formula is C12H22N2O. The maximum absolute atomic E-state index is 12.1. The summed E-state index contributed by atoms with van der Waals surface area (Å²) in [5.41, 5.74) is 5.75. The minimum absolute atomic E-state index is 0.211. The molecule has 0 aromatic rings. The molecule has 0 bridgehead atoms. The summed E-state index contributed by atoms with van der Waals surface area (Å²) in [6.45, 7) is 2.68. The fourth-order valence-corrected chi connectivity index (χ4v) is 2.43. The zero-order chi connectivity index (χ0) is 11.0. The summed E-state index contributed by atoms with van der Waals surface area (Å²) < 4.78 is 0. The predicted molar refractivity (Wildman–Crippen MR) is 60.2 cm³/mol. The van der Waals surface area contributed by atoms with Crippen LogP contribution in [0.15, 0.2) is 0 Å². The van der Waals surface area contributed by atoms with Crippen molar-refractivity contribution >= 4 is 5.91 Å². The molecule has 2 N–H and O–H groups in total. The molecule has 0 aliphatic heterocycles. The van der Waals surface area contributed by atoms with Gasteiger partial charge >= 0.3 is 0 Å². The number of carbonyl (C=O) groups excluding carboxylic acids is 1.